The van der Waals surface area contributed by atoms with Gasteiger partial charge in [0.25, 0.3) is 0 Å². The van der Waals surface area contributed by atoms with E-state index >= 15 is 0 Å². The van der Waals surface area contributed by atoms with Crippen LogP contribution in [-0.4, -0.2) is 15.0 Å². The van der Waals surface area contributed by atoms with Gasteiger partial charge in [-0.05, 0) is 69.4 Å². The van der Waals surface area contributed by atoms with Crippen LogP contribution in [0.15, 0.2) is 164 Å². The predicted octanol–water partition coefficient (Wildman–Crippen LogP) is 11.7. The van der Waals surface area contributed by atoms with Gasteiger partial charge in [0.15, 0.2) is 17.5 Å². The smallest absolute Gasteiger partial charge is 0.164 e. The second-order valence-electron chi connectivity index (χ2n) is 11.7. The highest BCUT2D eigenvalue weighted by atomic mass is 32.1. The third kappa shape index (κ3) is 5.15. The molecule has 7 aromatic carbocycles. The Morgan fingerprint density at radius 2 is 0.851 bits per heavy atom. The lowest BCUT2D eigenvalue weighted by Crippen LogP contribution is -2.00. The van der Waals surface area contributed by atoms with Crippen LogP contribution < -0.4 is 0 Å². The number of benzene rings is 7. The molecule has 0 spiro atoms. The molecule has 3 nitrogen and oxygen atoms in total. The van der Waals surface area contributed by atoms with E-state index in [2.05, 4.69) is 146 Å². The van der Waals surface area contributed by atoms with Crippen LogP contribution in [0, 0.1) is 0 Å². The molecule has 0 aliphatic carbocycles. The molecule has 2 heterocycles. The number of fused-ring (bicyclic) bond motifs is 4. The van der Waals surface area contributed by atoms with E-state index in [0.29, 0.717) is 17.5 Å². The molecule has 0 N–H and O–H groups in total. The Hall–Kier alpha value is -5.97. The van der Waals surface area contributed by atoms with E-state index in [-0.39, 0.29) is 0 Å². The molecule has 9 aromatic rings. The fourth-order valence-electron chi connectivity index (χ4n) is 6.30. The summed E-state index contributed by atoms with van der Waals surface area (Å²) in [6.07, 6.45) is 0. The van der Waals surface area contributed by atoms with Gasteiger partial charge in [0.1, 0.15) is 0 Å². The second-order valence-corrected chi connectivity index (χ2v) is 12.8. The van der Waals surface area contributed by atoms with Crippen LogP contribution in [0.2, 0.25) is 0 Å². The van der Waals surface area contributed by atoms with Crippen molar-refractivity contribution in [3.05, 3.63) is 164 Å². The van der Waals surface area contributed by atoms with E-state index in [1.807, 2.05) is 18.2 Å². The molecule has 0 saturated carbocycles. The van der Waals surface area contributed by atoms with Crippen LogP contribution in [0.4, 0.5) is 0 Å². The Morgan fingerprint density at radius 3 is 1.64 bits per heavy atom. The average Bonchev–Trinajstić information content (AvgIpc) is 3.53. The number of hydrogen-bond donors (Lipinski definition) is 0. The molecule has 0 amide bonds. The maximum absolute atomic E-state index is 5.16. The molecule has 0 aliphatic heterocycles. The molecule has 0 aliphatic rings. The molecule has 4 heteroatoms. The van der Waals surface area contributed by atoms with Gasteiger partial charge in [-0.15, -0.1) is 11.3 Å². The largest absolute Gasteiger partial charge is 0.208 e. The summed E-state index contributed by atoms with van der Waals surface area (Å²) in [7, 11) is 0. The summed E-state index contributed by atoms with van der Waals surface area (Å²) >= 11 is 1.80. The van der Waals surface area contributed by atoms with Crippen LogP contribution in [0.3, 0.4) is 0 Å². The van der Waals surface area contributed by atoms with Crippen LogP contribution in [-0.2, 0) is 0 Å². The van der Waals surface area contributed by atoms with Gasteiger partial charge >= 0.3 is 0 Å². The lowest BCUT2D eigenvalue weighted by molar-refractivity contribution is 1.07. The van der Waals surface area contributed by atoms with Gasteiger partial charge in [0.05, 0.1) is 0 Å². The van der Waals surface area contributed by atoms with Crippen LogP contribution >= 0.6 is 11.3 Å². The zero-order chi connectivity index (χ0) is 31.2. The van der Waals surface area contributed by atoms with Crippen LogP contribution in [0.25, 0.3) is 87.4 Å². The summed E-state index contributed by atoms with van der Waals surface area (Å²) in [5.74, 6) is 1.95. The van der Waals surface area contributed by atoms with Gasteiger partial charge < -0.3 is 0 Å². The first kappa shape index (κ1) is 27.3. The first-order valence-corrected chi connectivity index (χ1v) is 16.5. The lowest BCUT2D eigenvalue weighted by atomic mass is 9.94. The molecule has 0 unspecified atom stereocenters. The fourth-order valence-corrected chi connectivity index (χ4v) is 7.45. The first-order chi connectivity index (χ1) is 23.2. The summed E-state index contributed by atoms with van der Waals surface area (Å²) in [6.45, 7) is 0. The van der Waals surface area contributed by atoms with Crippen molar-refractivity contribution < 1.29 is 0 Å². The second kappa shape index (κ2) is 11.4. The van der Waals surface area contributed by atoms with Crippen molar-refractivity contribution in [3.8, 4) is 56.4 Å². The molecule has 9 rings (SSSR count). The van der Waals surface area contributed by atoms with E-state index in [4.69, 9.17) is 15.0 Å². The van der Waals surface area contributed by atoms with Crippen molar-refractivity contribution in [2.24, 2.45) is 0 Å². The van der Waals surface area contributed by atoms with E-state index < -0.39 is 0 Å². The van der Waals surface area contributed by atoms with Crippen molar-refractivity contribution in [1.82, 2.24) is 15.0 Å². The minimum absolute atomic E-state index is 0.644. The Bertz CT molecular complexity index is 2570. The minimum atomic E-state index is 0.644. The summed E-state index contributed by atoms with van der Waals surface area (Å²) in [6, 6.07) is 57.6. The van der Waals surface area contributed by atoms with Crippen LogP contribution in [0.5, 0.6) is 0 Å². The van der Waals surface area contributed by atoms with Gasteiger partial charge in [-0.2, -0.15) is 0 Å². The number of nitrogens with zero attached hydrogens (tertiary/aromatic N) is 3. The SMILES string of the molecule is c1ccc(-c2cc(-c3ccc4ccccc4c3)cc(-c3nc(-c4ccccc4)nc(-c4ccc5c(c4)sc4ccccc45)n3)c2)cc1. The minimum Gasteiger partial charge on any atom is -0.208 e. The Balaban J connectivity index is 1.25. The predicted molar refractivity (Wildman–Crippen MR) is 197 cm³/mol. The summed E-state index contributed by atoms with van der Waals surface area (Å²) in [5.41, 5.74) is 7.38. The van der Waals surface area contributed by atoms with Gasteiger partial charge in [-0.1, -0.05) is 127 Å². The Kier molecular flexibility index (Phi) is 6.65. The van der Waals surface area contributed by atoms with Crippen LogP contribution in [0.1, 0.15) is 0 Å². The monoisotopic (exact) mass is 617 g/mol. The number of rotatable bonds is 5. The molecule has 220 valence electrons. The number of aromatic nitrogens is 3. The quantitative estimate of drug-likeness (QED) is 0.193. The van der Waals surface area contributed by atoms with Crippen molar-refractivity contribution in [2.45, 2.75) is 0 Å². The first-order valence-electron chi connectivity index (χ1n) is 15.7. The highest BCUT2D eigenvalue weighted by Crippen LogP contribution is 2.37. The van der Waals surface area contributed by atoms with Crippen molar-refractivity contribution in [2.75, 3.05) is 0 Å². The highest BCUT2D eigenvalue weighted by Gasteiger charge is 2.16. The molecule has 2 aromatic heterocycles. The number of thiophene rings is 1. The molecule has 0 bridgehead atoms. The van der Waals surface area contributed by atoms with Gasteiger partial charge in [-0.25, -0.2) is 15.0 Å². The molecule has 0 radical (unpaired) electrons. The van der Waals surface area contributed by atoms with Crippen molar-refractivity contribution >= 4 is 42.3 Å². The van der Waals surface area contributed by atoms with Gasteiger partial charge in [0.2, 0.25) is 0 Å². The van der Waals surface area contributed by atoms with Gasteiger partial charge in [0, 0.05) is 36.9 Å². The summed E-state index contributed by atoms with van der Waals surface area (Å²) in [5, 5.41) is 4.96. The zero-order valence-electron chi connectivity index (χ0n) is 25.3. The highest BCUT2D eigenvalue weighted by molar-refractivity contribution is 7.25. The topological polar surface area (TPSA) is 38.7 Å². The van der Waals surface area contributed by atoms with E-state index in [1.54, 1.807) is 11.3 Å². The number of hydrogen-bond acceptors (Lipinski definition) is 4. The Morgan fingerprint density at radius 1 is 0.298 bits per heavy atom. The summed E-state index contributed by atoms with van der Waals surface area (Å²) < 4.78 is 2.50. The third-order valence-corrected chi connectivity index (χ3v) is 9.82. The average molecular weight is 618 g/mol. The molecule has 0 atom stereocenters. The Labute approximate surface area is 276 Å². The zero-order valence-corrected chi connectivity index (χ0v) is 26.2. The van der Waals surface area contributed by atoms with Crippen molar-refractivity contribution in [1.29, 1.82) is 0 Å². The fraction of sp³-hybridized carbons (Fsp3) is 0. The van der Waals surface area contributed by atoms with Crippen molar-refractivity contribution in [3.63, 3.8) is 0 Å². The maximum Gasteiger partial charge on any atom is 0.164 e. The molecule has 47 heavy (non-hydrogen) atoms. The molecule has 0 saturated heterocycles. The standard InChI is InChI=1S/C43H27N3S/c1-3-11-28(12-4-1)34-24-35(32-20-19-29-13-7-8-16-31(29)23-32)26-36(25-34)43-45-41(30-14-5-2-6-15-30)44-42(46-43)33-21-22-38-37-17-9-10-18-39(37)47-40(38)27-33/h1-27H. The van der Waals surface area contributed by atoms with E-state index in [0.717, 1.165) is 38.9 Å². The maximum atomic E-state index is 5.16. The third-order valence-electron chi connectivity index (χ3n) is 8.69. The molecular formula is C43H27N3S. The summed E-state index contributed by atoms with van der Waals surface area (Å²) in [4.78, 5) is 15.3. The molecular weight excluding hydrogens is 591 g/mol. The van der Waals surface area contributed by atoms with E-state index in [9.17, 15) is 0 Å². The lowest BCUT2D eigenvalue weighted by Gasteiger charge is -2.13. The molecule has 0 fully saturated rings. The van der Waals surface area contributed by atoms with E-state index in [1.165, 1.54) is 30.9 Å². The normalized spacial score (nSPS) is 11.4. The van der Waals surface area contributed by atoms with Gasteiger partial charge in [-0.3, -0.25) is 0 Å².